The zero-order valence-corrected chi connectivity index (χ0v) is 10.4. The Labute approximate surface area is 103 Å². The van der Waals surface area contributed by atoms with Crippen LogP contribution in [-0.4, -0.2) is 30.9 Å². The van der Waals surface area contributed by atoms with Gasteiger partial charge >= 0.3 is 0 Å². The zero-order valence-electron chi connectivity index (χ0n) is 9.54. The van der Waals surface area contributed by atoms with E-state index in [1.165, 1.54) is 0 Å². The van der Waals surface area contributed by atoms with E-state index in [2.05, 4.69) is 27.4 Å². The van der Waals surface area contributed by atoms with Gasteiger partial charge in [0.1, 0.15) is 6.54 Å². The molecule has 0 atom stereocenters. The van der Waals surface area contributed by atoms with Crippen LogP contribution in [0.1, 0.15) is 24.3 Å². The van der Waals surface area contributed by atoms with Crippen LogP contribution in [0, 0.1) is 0 Å². The fraction of sp³-hybridized carbons (Fsp3) is 0.556. The van der Waals surface area contributed by atoms with Gasteiger partial charge in [0.05, 0.1) is 17.6 Å². The van der Waals surface area contributed by atoms with E-state index in [1.807, 2.05) is 0 Å². The molecular weight excluding hydrogens is 240 g/mol. The van der Waals surface area contributed by atoms with Crippen LogP contribution in [0.2, 0.25) is 0 Å². The van der Waals surface area contributed by atoms with Gasteiger partial charge in [-0.1, -0.05) is 17.3 Å². The van der Waals surface area contributed by atoms with Crippen LogP contribution in [-0.2, 0) is 18.8 Å². The van der Waals surface area contributed by atoms with Crippen LogP contribution >= 0.6 is 11.8 Å². The van der Waals surface area contributed by atoms with Gasteiger partial charge < -0.3 is 10.3 Å². The molecule has 0 spiro atoms. The molecule has 2 N–H and O–H groups in total. The summed E-state index contributed by atoms with van der Waals surface area (Å²) in [6, 6.07) is 0. The van der Waals surface area contributed by atoms with Crippen LogP contribution in [0.4, 0.5) is 0 Å². The van der Waals surface area contributed by atoms with E-state index >= 15 is 0 Å². The summed E-state index contributed by atoms with van der Waals surface area (Å²) >= 11 is 1.75. The Kier molecular flexibility index (Phi) is 4.10. The van der Waals surface area contributed by atoms with Crippen LogP contribution < -0.4 is 5.73 Å². The highest BCUT2D eigenvalue weighted by Crippen LogP contribution is 2.09. The van der Waals surface area contributed by atoms with Gasteiger partial charge in [0.25, 0.3) is 0 Å². The minimum atomic E-state index is 0.377. The third-order valence-corrected chi connectivity index (χ3v) is 2.91. The summed E-state index contributed by atoms with van der Waals surface area (Å²) in [5.41, 5.74) is 6.19. The second-order valence-electron chi connectivity index (χ2n) is 3.35. The van der Waals surface area contributed by atoms with Gasteiger partial charge in [-0.05, 0) is 5.75 Å². The Morgan fingerprint density at radius 3 is 3.12 bits per heavy atom. The summed E-state index contributed by atoms with van der Waals surface area (Å²) in [5.74, 6) is 3.05. The first kappa shape index (κ1) is 12.1. The number of hydrogen-bond acceptors (Lipinski definition) is 7. The molecule has 0 saturated carbocycles. The standard InChI is InChI=1S/C9H14N6OS/c1-2-17-6-8-11-9(16-13-8)5-15-4-7(3-10)12-14-15/h4H,2-3,5-6,10H2,1H3. The molecule has 0 aliphatic heterocycles. The number of aromatic nitrogens is 5. The highest BCUT2D eigenvalue weighted by Gasteiger charge is 2.08. The van der Waals surface area contributed by atoms with Crippen molar-refractivity contribution < 1.29 is 4.52 Å². The molecule has 0 aromatic carbocycles. The van der Waals surface area contributed by atoms with Gasteiger partial charge in [-0.25, -0.2) is 4.68 Å². The van der Waals surface area contributed by atoms with Gasteiger partial charge in [-0.15, -0.1) is 5.10 Å². The van der Waals surface area contributed by atoms with Crippen molar-refractivity contribution in [2.75, 3.05) is 5.75 Å². The molecule has 0 radical (unpaired) electrons. The summed E-state index contributed by atoms with van der Waals surface area (Å²) in [5, 5.41) is 11.7. The lowest BCUT2D eigenvalue weighted by atomic mass is 10.5. The summed E-state index contributed by atoms with van der Waals surface area (Å²) in [4.78, 5) is 4.26. The molecule has 0 fully saturated rings. The van der Waals surface area contributed by atoms with Crippen LogP contribution in [0.25, 0.3) is 0 Å². The lowest BCUT2D eigenvalue weighted by Gasteiger charge is -1.92. The third kappa shape index (κ3) is 3.27. The van der Waals surface area contributed by atoms with E-state index in [4.69, 9.17) is 10.3 Å². The molecule has 2 aromatic rings. The van der Waals surface area contributed by atoms with Crippen molar-refractivity contribution in [3.05, 3.63) is 23.6 Å². The van der Waals surface area contributed by atoms with Gasteiger partial charge in [0.15, 0.2) is 5.82 Å². The van der Waals surface area contributed by atoms with Crippen molar-refractivity contribution in [3.63, 3.8) is 0 Å². The Bertz CT molecular complexity index is 468. The topological polar surface area (TPSA) is 95.7 Å². The van der Waals surface area contributed by atoms with Crippen LogP contribution in [0.5, 0.6) is 0 Å². The molecule has 8 heteroatoms. The minimum absolute atomic E-state index is 0.377. The first-order valence-corrected chi connectivity index (χ1v) is 6.45. The number of nitrogens with zero attached hydrogens (tertiary/aromatic N) is 5. The molecule has 2 aromatic heterocycles. The van der Waals surface area contributed by atoms with E-state index in [-0.39, 0.29) is 0 Å². The highest BCUT2D eigenvalue weighted by molar-refractivity contribution is 7.98. The summed E-state index contributed by atoms with van der Waals surface area (Å²) in [6.07, 6.45) is 1.77. The Balaban J connectivity index is 1.96. The van der Waals surface area contributed by atoms with Gasteiger partial charge in [-0.3, -0.25) is 0 Å². The van der Waals surface area contributed by atoms with Crippen molar-refractivity contribution in [3.8, 4) is 0 Å². The largest absolute Gasteiger partial charge is 0.337 e. The average molecular weight is 254 g/mol. The zero-order chi connectivity index (χ0) is 12.1. The maximum atomic E-state index is 5.45. The fourth-order valence-electron chi connectivity index (χ4n) is 1.25. The fourth-order valence-corrected chi connectivity index (χ4v) is 1.76. The molecule has 2 rings (SSSR count). The van der Waals surface area contributed by atoms with E-state index < -0.39 is 0 Å². The molecular formula is C9H14N6OS. The smallest absolute Gasteiger partial charge is 0.248 e. The second-order valence-corrected chi connectivity index (χ2v) is 4.63. The first-order valence-electron chi connectivity index (χ1n) is 5.30. The maximum absolute atomic E-state index is 5.45. The third-order valence-electron chi connectivity index (χ3n) is 2.04. The number of thioether (sulfide) groups is 1. The molecule has 0 unspecified atom stereocenters. The van der Waals surface area contributed by atoms with Crippen molar-refractivity contribution in [2.24, 2.45) is 5.73 Å². The quantitative estimate of drug-likeness (QED) is 0.798. The van der Waals surface area contributed by atoms with Crippen molar-refractivity contribution in [1.82, 2.24) is 25.1 Å². The molecule has 7 nitrogen and oxygen atoms in total. The molecule has 2 heterocycles. The SMILES string of the molecule is CCSCc1noc(Cn2cc(CN)nn2)n1. The monoisotopic (exact) mass is 254 g/mol. The van der Waals surface area contributed by atoms with Crippen molar-refractivity contribution in [2.45, 2.75) is 25.8 Å². The molecule has 0 aliphatic carbocycles. The van der Waals surface area contributed by atoms with Gasteiger partial charge in [0.2, 0.25) is 5.89 Å². The predicted molar refractivity (Wildman–Crippen MR) is 63.1 cm³/mol. The van der Waals surface area contributed by atoms with E-state index in [9.17, 15) is 0 Å². The first-order chi connectivity index (χ1) is 8.31. The molecule has 0 aliphatic rings. The van der Waals surface area contributed by atoms with E-state index in [0.717, 1.165) is 17.2 Å². The Morgan fingerprint density at radius 1 is 1.53 bits per heavy atom. The van der Waals surface area contributed by atoms with Gasteiger partial charge in [0, 0.05) is 6.54 Å². The number of hydrogen-bond donors (Lipinski definition) is 1. The molecule has 0 amide bonds. The van der Waals surface area contributed by atoms with E-state index in [0.29, 0.717) is 24.8 Å². The molecule has 17 heavy (non-hydrogen) atoms. The van der Waals surface area contributed by atoms with Crippen LogP contribution in [0.15, 0.2) is 10.7 Å². The molecule has 92 valence electrons. The Morgan fingerprint density at radius 2 is 2.41 bits per heavy atom. The normalized spacial score (nSPS) is 10.9. The van der Waals surface area contributed by atoms with Crippen LogP contribution in [0.3, 0.4) is 0 Å². The molecule has 0 saturated heterocycles. The lowest BCUT2D eigenvalue weighted by molar-refractivity contribution is 0.361. The van der Waals surface area contributed by atoms with Gasteiger partial charge in [-0.2, -0.15) is 16.7 Å². The maximum Gasteiger partial charge on any atom is 0.248 e. The second kappa shape index (κ2) is 5.78. The highest BCUT2D eigenvalue weighted by atomic mass is 32.2. The lowest BCUT2D eigenvalue weighted by Crippen LogP contribution is -2.01. The minimum Gasteiger partial charge on any atom is -0.337 e. The average Bonchev–Trinajstić information content (AvgIpc) is 2.96. The van der Waals surface area contributed by atoms with Crippen molar-refractivity contribution >= 4 is 11.8 Å². The van der Waals surface area contributed by atoms with E-state index in [1.54, 1.807) is 22.6 Å². The predicted octanol–water partition coefficient (Wildman–Crippen LogP) is 0.421. The molecule has 0 bridgehead atoms. The number of rotatable bonds is 6. The van der Waals surface area contributed by atoms with Crippen molar-refractivity contribution in [1.29, 1.82) is 0 Å². The summed E-state index contributed by atoms with van der Waals surface area (Å²) in [7, 11) is 0. The summed E-state index contributed by atoms with van der Waals surface area (Å²) in [6.45, 7) is 2.90. The Hall–Kier alpha value is -1.41. The number of nitrogens with two attached hydrogens (primary N) is 1. The summed E-state index contributed by atoms with van der Waals surface area (Å²) < 4.78 is 6.75.